The van der Waals surface area contributed by atoms with Crippen LogP contribution in [-0.4, -0.2) is 34.3 Å². The van der Waals surface area contributed by atoms with Crippen LogP contribution in [0.1, 0.15) is 24.2 Å². The first-order valence-corrected chi connectivity index (χ1v) is 5.93. The van der Waals surface area contributed by atoms with Gasteiger partial charge in [0.2, 0.25) is 0 Å². The van der Waals surface area contributed by atoms with E-state index < -0.39 is 17.7 Å². The van der Waals surface area contributed by atoms with Gasteiger partial charge in [-0.3, -0.25) is 4.79 Å². The van der Waals surface area contributed by atoms with Gasteiger partial charge in [0.1, 0.15) is 11.3 Å². The van der Waals surface area contributed by atoms with E-state index in [0.29, 0.717) is 0 Å². The lowest BCUT2D eigenvalue weighted by molar-refractivity contribution is -0.00177. The van der Waals surface area contributed by atoms with Crippen molar-refractivity contribution in [3.05, 3.63) is 28.0 Å². The second kappa shape index (κ2) is 5.82. The smallest absolute Gasteiger partial charge is 0.254 e. The molecule has 7 heteroatoms. The van der Waals surface area contributed by atoms with Gasteiger partial charge in [0.15, 0.2) is 0 Å². The van der Waals surface area contributed by atoms with Gasteiger partial charge in [-0.15, -0.1) is 0 Å². The van der Waals surface area contributed by atoms with E-state index in [0.717, 1.165) is 0 Å². The molecule has 1 unspecified atom stereocenters. The summed E-state index contributed by atoms with van der Waals surface area (Å²) in [6.07, 6.45) is -0.377. The average molecular weight is 295 g/mol. The van der Waals surface area contributed by atoms with Gasteiger partial charge < -0.3 is 10.4 Å². The summed E-state index contributed by atoms with van der Waals surface area (Å²) in [5.41, 5.74) is -1.42. The minimum Gasteiger partial charge on any atom is -0.387 e. The molecule has 0 spiro atoms. The van der Waals surface area contributed by atoms with Crippen LogP contribution in [0.4, 0.5) is 4.39 Å². The van der Waals surface area contributed by atoms with Crippen LogP contribution >= 0.6 is 23.2 Å². The van der Waals surface area contributed by atoms with Crippen LogP contribution in [0.3, 0.4) is 0 Å². The lowest BCUT2D eigenvalue weighted by Crippen LogP contribution is -2.42. The zero-order valence-corrected chi connectivity index (χ0v) is 11.4. The number of hydrogen-bond acceptors (Lipinski definition) is 3. The molecule has 1 heterocycles. The quantitative estimate of drug-likeness (QED) is 0.837. The van der Waals surface area contributed by atoms with Crippen LogP contribution in [0.2, 0.25) is 10.2 Å². The second-order valence-electron chi connectivity index (χ2n) is 4.32. The highest BCUT2D eigenvalue weighted by atomic mass is 35.5. The summed E-state index contributed by atoms with van der Waals surface area (Å²) in [6, 6.07) is 1.32. The van der Waals surface area contributed by atoms with Crippen molar-refractivity contribution in [2.45, 2.75) is 25.6 Å². The van der Waals surface area contributed by atoms with Gasteiger partial charge in [0, 0.05) is 6.20 Å². The monoisotopic (exact) mass is 294 g/mol. The summed E-state index contributed by atoms with van der Waals surface area (Å²) in [7, 11) is 0. The lowest BCUT2D eigenvalue weighted by atomic mass is 10.0. The molecule has 18 heavy (non-hydrogen) atoms. The molecular formula is C11H13Cl2FN2O2. The van der Waals surface area contributed by atoms with Crippen molar-refractivity contribution < 1.29 is 14.3 Å². The number of halogens is 3. The minimum absolute atomic E-state index is 0.101. The van der Waals surface area contributed by atoms with Crippen molar-refractivity contribution in [1.29, 1.82) is 0 Å². The standard InChI is InChI=1S/C11H13Cl2FN2O2/c1-11(2,18)8(14)5-16-10(17)6-4-15-9(13)3-7(6)12/h3-4,8,18H,5H2,1-2H3,(H,16,17). The van der Waals surface area contributed by atoms with Gasteiger partial charge >= 0.3 is 0 Å². The molecule has 0 aliphatic carbocycles. The molecule has 0 saturated carbocycles. The molecule has 1 atom stereocenters. The number of aliphatic hydroxyl groups is 1. The van der Waals surface area contributed by atoms with E-state index in [1.54, 1.807) is 0 Å². The van der Waals surface area contributed by atoms with E-state index in [2.05, 4.69) is 10.3 Å². The Morgan fingerprint density at radius 1 is 1.61 bits per heavy atom. The van der Waals surface area contributed by atoms with Crippen molar-refractivity contribution in [2.24, 2.45) is 0 Å². The Morgan fingerprint density at radius 2 is 2.22 bits per heavy atom. The molecule has 1 aromatic rings. The number of hydrogen-bond donors (Lipinski definition) is 2. The van der Waals surface area contributed by atoms with Crippen molar-refractivity contribution in [2.75, 3.05) is 6.54 Å². The maximum atomic E-state index is 13.4. The van der Waals surface area contributed by atoms with Gasteiger partial charge in [-0.1, -0.05) is 23.2 Å². The number of carbonyl (C=O) groups excluding carboxylic acids is 1. The van der Waals surface area contributed by atoms with E-state index in [4.69, 9.17) is 23.2 Å². The number of pyridine rings is 1. The molecule has 100 valence electrons. The van der Waals surface area contributed by atoms with Crippen LogP contribution in [0, 0.1) is 0 Å². The number of nitrogens with one attached hydrogen (secondary N) is 1. The van der Waals surface area contributed by atoms with Crippen molar-refractivity contribution in [3.63, 3.8) is 0 Å². The SMILES string of the molecule is CC(C)(O)C(F)CNC(=O)c1cnc(Cl)cc1Cl. The third-order valence-corrected chi connectivity index (χ3v) is 2.79. The molecule has 1 aromatic heterocycles. The molecule has 0 aliphatic rings. The lowest BCUT2D eigenvalue weighted by Gasteiger charge is -2.22. The first-order valence-electron chi connectivity index (χ1n) is 5.17. The van der Waals surface area contributed by atoms with Crippen molar-refractivity contribution in [3.8, 4) is 0 Å². The number of amides is 1. The Hall–Kier alpha value is -0.910. The zero-order valence-electron chi connectivity index (χ0n) is 9.88. The van der Waals surface area contributed by atoms with Gasteiger partial charge in [0.25, 0.3) is 5.91 Å². The topological polar surface area (TPSA) is 62.2 Å². The fraction of sp³-hybridized carbons (Fsp3) is 0.455. The highest BCUT2D eigenvalue weighted by Crippen LogP contribution is 2.18. The van der Waals surface area contributed by atoms with E-state index in [1.807, 2.05) is 0 Å². The predicted molar refractivity (Wildman–Crippen MR) is 67.8 cm³/mol. The maximum Gasteiger partial charge on any atom is 0.254 e. The van der Waals surface area contributed by atoms with E-state index in [9.17, 15) is 14.3 Å². The first-order chi connectivity index (χ1) is 8.21. The van der Waals surface area contributed by atoms with Crippen LogP contribution in [-0.2, 0) is 0 Å². The Bertz CT molecular complexity index is 449. The van der Waals surface area contributed by atoms with E-state index in [-0.39, 0.29) is 22.3 Å². The number of aromatic nitrogens is 1. The summed E-state index contributed by atoms with van der Waals surface area (Å²) in [4.78, 5) is 15.4. The Balaban J connectivity index is 2.66. The Kier molecular flexibility index (Phi) is 4.90. The highest BCUT2D eigenvalue weighted by Gasteiger charge is 2.27. The Morgan fingerprint density at radius 3 is 2.72 bits per heavy atom. The predicted octanol–water partition coefficient (Wildman–Crippen LogP) is 2.23. The second-order valence-corrected chi connectivity index (χ2v) is 5.11. The fourth-order valence-electron chi connectivity index (χ4n) is 1.10. The van der Waals surface area contributed by atoms with Gasteiger partial charge in [-0.2, -0.15) is 0 Å². The molecule has 0 aromatic carbocycles. The van der Waals surface area contributed by atoms with E-state index >= 15 is 0 Å². The molecule has 4 nitrogen and oxygen atoms in total. The molecule has 0 saturated heterocycles. The summed E-state index contributed by atoms with van der Waals surface area (Å²) in [5, 5.41) is 12.0. The molecule has 1 rings (SSSR count). The average Bonchev–Trinajstić information content (AvgIpc) is 2.24. The van der Waals surface area contributed by atoms with Crippen LogP contribution < -0.4 is 5.32 Å². The van der Waals surface area contributed by atoms with Crippen LogP contribution in [0.15, 0.2) is 12.3 Å². The van der Waals surface area contributed by atoms with Crippen molar-refractivity contribution >= 4 is 29.1 Å². The largest absolute Gasteiger partial charge is 0.387 e. The summed E-state index contributed by atoms with van der Waals surface area (Å²) >= 11 is 11.4. The van der Waals surface area contributed by atoms with Crippen LogP contribution in [0.5, 0.6) is 0 Å². The number of alkyl halides is 1. The fourth-order valence-corrected chi connectivity index (χ4v) is 1.55. The normalized spacial score (nSPS) is 13.2. The molecule has 2 N–H and O–H groups in total. The number of carbonyl (C=O) groups is 1. The molecule has 0 bridgehead atoms. The number of nitrogens with zero attached hydrogens (tertiary/aromatic N) is 1. The van der Waals surface area contributed by atoms with Gasteiger partial charge in [-0.25, -0.2) is 9.37 Å². The molecular weight excluding hydrogens is 282 g/mol. The van der Waals surface area contributed by atoms with Gasteiger partial charge in [0.05, 0.1) is 22.7 Å². The third-order valence-electron chi connectivity index (χ3n) is 2.27. The maximum absolute atomic E-state index is 13.4. The number of rotatable bonds is 4. The minimum atomic E-state index is -1.58. The third kappa shape index (κ3) is 4.08. The highest BCUT2D eigenvalue weighted by molar-refractivity contribution is 6.36. The molecule has 0 radical (unpaired) electrons. The van der Waals surface area contributed by atoms with Crippen molar-refractivity contribution in [1.82, 2.24) is 10.3 Å². The summed E-state index contributed by atoms with van der Waals surface area (Å²) in [5.74, 6) is -0.573. The van der Waals surface area contributed by atoms with Gasteiger partial charge in [-0.05, 0) is 19.9 Å². The molecule has 1 amide bonds. The van der Waals surface area contributed by atoms with E-state index in [1.165, 1.54) is 26.1 Å². The molecule has 0 fully saturated rings. The zero-order chi connectivity index (χ0) is 13.9. The Labute approximate surface area is 114 Å². The van der Waals surface area contributed by atoms with Crippen LogP contribution in [0.25, 0.3) is 0 Å². The molecule has 0 aliphatic heterocycles. The summed E-state index contributed by atoms with van der Waals surface area (Å²) < 4.78 is 13.4. The first kappa shape index (κ1) is 15.1. The summed E-state index contributed by atoms with van der Waals surface area (Å²) in [6.45, 7) is 2.32.